The van der Waals surface area contributed by atoms with Gasteiger partial charge in [0.2, 0.25) is 0 Å². The number of benzene rings is 1. The Kier molecular flexibility index (Phi) is 3.42. The standard InChI is InChI=1S/C10H11N3O4/c1-6-7(9(14)12(2)10(11)15)4-3-5-8(6)13(16)17/h3-5H,1-2H3,(H2,11,15). The first-order valence-corrected chi connectivity index (χ1v) is 4.67. The number of rotatable bonds is 2. The van der Waals surface area contributed by atoms with Crippen molar-refractivity contribution < 1.29 is 14.5 Å². The number of nitrogens with two attached hydrogens (primary N) is 1. The Morgan fingerprint density at radius 2 is 2.00 bits per heavy atom. The van der Waals surface area contributed by atoms with Gasteiger partial charge >= 0.3 is 6.03 Å². The fourth-order valence-electron chi connectivity index (χ4n) is 1.33. The number of primary amides is 1. The Morgan fingerprint density at radius 3 is 2.47 bits per heavy atom. The molecule has 0 unspecified atom stereocenters. The summed E-state index contributed by atoms with van der Waals surface area (Å²) in [5.41, 5.74) is 5.07. The highest BCUT2D eigenvalue weighted by Crippen LogP contribution is 2.21. The summed E-state index contributed by atoms with van der Waals surface area (Å²) in [6.45, 7) is 1.44. The van der Waals surface area contributed by atoms with Crippen LogP contribution in [0.1, 0.15) is 15.9 Å². The lowest BCUT2D eigenvalue weighted by atomic mass is 10.1. The molecule has 0 bridgehead atoms. The van der Waals surface area contributed by atoms with Gasteiger partial charge in [-0.15, -0.1) is 0 Å². The van der Waals surface area contributed by atoms with E-state index >= 15 is 0 Å². The van der Waals surface area contributed by atoms with Gasteiger partial charge in [0.1, 0.15) is 0 Å². The molecule has 2 N–H and O–H groups in total. The van der Waals surface area contributed by atoms with Crippen molar-refractivity contribution in [2.24, 2.45) is 5.73 Å². The Balaban J connectivity index is 3.24. The number of nitro benzene ring substituents is 1. The predicted octanol–water partition coefficient (Wildman–Crippen LogP) is 1.05. The number of amides is 3. The lowest BCUT2D eigenvalue weighted by Crippen LogP contribution is -2.37. The Hall–Kier alpha value is -2.44. The summed E-state index contributed by atoms with van der Waals surface area (Å²) in [5, 5.41) is 10.7. The van der Waals surface area contributed by atoms with Gasteiger partial charge in [0.05, 0.1) is 4.92 Å². The van der Waals surface area contributed by atoms with Crippen molar-refractivity contribution in [2.75, 3.05) is 7.05 Å². The Morgan fingerprint density at radius 1 is 1.41 bits per heavy atom. The second-order valence-electron chi connectivity index (χ2n) is 3.41. The number of urea groups is 1. The van der Waals surface area contributed by atoms with Crippen molar-refractivity contribution in [2.45, 2.75) is 6.92 Å². The van der Waals surface area contributed by atoms with E-state index in [0.717, 1.165) is 0 Å². The van der Waals surface area contributed by atoms with Gasteiger partial charge in [0.25, 0.3) is 11.6 Å². The molecule has 0 aliphatic rings. The second-order valence-corrected chi connectivity index (χ2v) is 3.41. The fraction of sp³-hybridized carbons (Fsp3) is 0.200. The van der Waals surface area contributed by atoms with Crippen LogP contribution in [0.15, 0.2) is 18.2 Å². The summed E-state index contributed by atoms with van der Waals surface area (Å²) in [7, 11) is 1.21. The van der Waals surface area contributed by atoms with E-state index in [2.05, 4.69) is 0 Å². The van der Waals surface area contributed by atoms with Crippen molar-refractivity contribution in [1.29, 1.82) is 0 Å². The average molecular weight is 237 g/mol. The Labute approximate surface area is 97.0 Å². The molecule has 0 saturated carbocycles. The minimum Gasteiger partial charge on any atom is -0.351 e. The molecule has 0 fully saturated rings. The smallest absolute Gasteiger partial charge is 0.321 e. The van der Waals surface area contributed by atoms with Gasteiger partial charge in [-0.2, -0.15) is 0 Å². The van der Waals surface area contributed by atoms with Crippen LogP contribution in [0.5, 0.6) is 0 Å². The molecular weight excluding hydrogens is 226 g/mol. The zero-order valence-corrected chi connectivity index (χ0v) is 9.34. The summed E-state index contributed by atoms with van der Waals surface area (Å²) in [6.07, 6.45) is 0. The molecule has 0 radical (unpaired) electrons. The first-order chi connectivity index (χ1) is 7.86. The van der Waals surface area contributed by atoms with E-state index in [0.29, 0.717) is 4.90 Å². The van der Waals surface area contributed by atoms with Gasteiger partial charge < -0.3 is 5.73 Å². The van der Waals surface area contributed by atoms with Crippen LogP contribution in [0.25, 0.3) is 0 Å². The number of imide groups is 1. The van der Waals surface area contributed by atoms with Gasteiger partial charge in [-0.05, 0) is 13.0 Å². The van der Waals surface area contributed by atoms with E-state index in [1.165, 1.54) is 32.2 Å². The molecule has 0 aliphatic heterocycles. The molecular formula is C10H11N3O4. The fourth-order valence-corrected chi connectivity index (χ4v) is 1.33. The molecule has 90 valence electrons. The van der Waals surface area contributed by atoms with Crippen LogP contribution >= 0.6 is 0 Å². The Bertz CT molecular complexity index is 498. The van der Waals surface area contributed by atoms with Gasteiger partial charge in [-0.1, -0.05) is 6.07 Å². The zero-order valence-electron chi connectivity index (χ0n) is 9.34. The molecule has 1 aromatic carbocycles. The van der Waals surface area contributed by atoms with Gasteiger partial charge in [0, 0.05) is 24.2 Å². The minimum atomic E-state index is -0.916. The zero-order chi connectivity index (χ0) is 13.2. The molecule has 0 spiro atoms. The molecule has 0 saturated heterocycles. The monoisotopic (exact) mass is 237 g/mol. The van der Waals surface area contributed by atoms with Crippen LogP contribution in [-0.2, 0) is 0 Å². The largest absolute Gasteiger partial charge is 0.351 e. The summed E-state index contributed by atoms with van der Waals surface area (Å²) in [6, 6.07) is 3.16. The second kappa shape index (κ2) is 4.60. The van der Waals surface area contributed by atoms with Crippen molar-refractivity contribution in [3.8, 4) is 0 Å². The van der Waals surface area contributed by atoms with E-state index in [1.54, 1.807) is 0 Å². The van der Waals surface area contributed by atoms with E-state index in [-0.39, 0.29) is 16.8 Å². The number of nitro groups is 1. The maximum Gasteiger partial charge on any atom is 0.321 e. The van der Waals surface area contributed by atoms with Crippen molar-refractivity contribution in [3.05, 3.63) is 39.4 Å². The molecule has 0 atom stereocenters. The van der Waals surface area contributed by atoms with E-state index in [1.807, 2.05) is 0 Å². The number of hydrogen-bond donors (Lipinski definition) is 1. The van der Waals surface area contributed by atoms with E-state index in [9.17, 15) is 19.7 Å². The van der Waals surface area contributed by atoms with Gasteiger partial charge in [0.15, 0.2) is 0 Å². The molecule has 0 aliphatic carbocycles. The van der Waals surface area contributed by atoms with Crippen LogP contribution in [0.3, 0.4) is 0 Å². The van der Waals surface area contributed by atoms with Crippen molar-refractivity contribution >= 4 is 17.6 Å². The normalized spacial score (nSPS) is 9.76. The SMILES string of the molecule is Cc1c(C(=O)N(C)C(N)=O)cccc1[N+](=O)[O-]. The van der Waals surface area contributed by atoms with Crippen LogP contribution in [0.2, 0.25) is 0 Å². The number of hydrogen-bond acceptors (Lipinski definition) is 4. The first kappa shape index (κ1) is 12.6. The van der Waals surface area contributed by atoms with E-state index in [4.69, 9.17) is 5.73 Å². The number of carbonyl (C=O) groups is 2. The van der Waals surface area contributed by atoms with Gasteiger partial charge in [-0.3, -0.25) is 19.8 Å². The van der Waals surface area contributed by atoms with E-state index < -0.39 is 16.9 Å². The number of carbonyl (C=O) groups excluding carboxylic acids is 2. The molecule has 1 rings (SSSR count). The summed E-state index contributed by atoms with van der Waals surface area (Å²) in [5.74, 6) is -0.668. The third kappa shape index (κ3) is 2.39. The quantitative estimate of drug-likeness (QED) is 0.612. The predicted molar refractivity (Wildman–Crippen MR) is 59.5 cm³/mol. The van der Waals surface area contributed by atoms with Crippen LogP contribution in [0.4, 0.5) is 10.5 Å². The van der Waals surface area contributed by atoms with Crippen LogP contribution in [0, 0.1) is 17.0 Å². The minimum absolute atomic E-state index is 0.0838. The highest BCUT2D eigenvalue weighted by Gasteiger charge is 2.22. The molecule has 1 aromatic rings. The lowest BCUT2D eigenvalue weighted by molar-refractivity contribution is -0.385. The molecule has 3 amide bonds. The lowest BCUT2D eigenvalue weighted by Gasteiger charge is -2.13. The summed E-state index contributed by atoms with van der Waals surface area (Å²) in [4.78, 5) is 33.4. The third-order valence-corrected chi connectivity index (χ3v) is 2.37. The maximum atomic E-state index is 11.8. The van der Waals surface area contributed by atoms with Crippen molar-refractivity contribution in [3.63, 3.8) is 0 Å². The summed E-state index contributed by atoms with van der Waals surface area (Å²) < 4.78 is 0. The third-order valence-electron chi connectivity index (χ3n) is 2.37. The highest BCUT2D eigenvalue weighted by molar-refractivity contribution is 6.04. The average Bonchev–Trinajstić information content (AvgIpc) is 2.26. The molecule has 17 heavy (non-hydrogen) atoms. The van der Waals surface area contributed by atoms with Crippen LogP contribution < -0.4 is 5.73 Å². The van der Waals surface area contributed by atoms with Crippen LogP contribution in [-0.4, -0.2) is 28.8 Å². The number of nitrogens with zero attached hydrogens (tertiary/aromatic N) is 2. The molecule has 0 aromatic heterocycles. The highest BCUT2D eigenvalue weighted by atomic mass is 16.6. The summed E-state index contributed by atoms with van der Waals surface area (Å²) >= 11 is 0. The molecule has 0 heterocycles. The molecule has 7 nitrogen and oxygen atoms in total. The topological polar surface area (TPSA) is 107 Å². The maximum absolute atomic E-state index is 11.8. The molecule has 7 heteroatoms. The van der Waals surface area contributed by atoms with Gasteiger partial charge in [-0.25, -0.2) is 4.79 Å². The first-order valence-electron chi connectivity index (χ1n) is 4.67. The van der Waals surface area contributed by atoms with Crippen molar-refractivity contribution in [1.82, 2.24) is 4.90 Å².